The number of hydrogen-bond acceptors (Lipinski definition) is 13. The molecule has 48 heavy (non-hydrogen) atoms. The minimum absolute atomic E-state index is 0.181. The van der Waals surface area contributed by atoms with Gasteiger partial charge in [-0.05, 0) is 83.3 Å². The molecule has 16 heteroatoms. The van der Waals surface area contributed by atoms with Crippen LogP contribution in [0.25, 0.3) is 22.2 Å². The van der Waals surface area contributed by atoms with Gasteiger partial charge in [-0.15, -0.1) is 10.6 Å². The van der Waals surface area contributed by atoms with Crippen molar-refractivity contribution in [3.8, 4) is 16.9 Å². The van der Waals surface area contributed by atoms with Crippen LogP contribution in [0.2, 0.25) is 0 Å². The Balaban J connectivity index is 1.26. The second-order valence-electron chi connectivity index (χ2n) is 13.1. The third kappa shape index (κ3) is 6.10. The van der Waals surface area contributed by atoms with Crippen molar-refractivity contribution in [3.05, 3.63) is 58.3 Å². The van der Waals surface area contributed by atoms with Crippen molar-refractivity contribution in [2.45, 2.75) is 63.3 Å². The monoisotopic (exact) mass is 675 g/mol. The lowest BCUT2D eigenvalue weighted by Crippen LogP contribution is -2.40. The van der Waals surface area contributed by atoms with E-state index in [0.717, 1.165) is 36.6 Å². The topological polar surface area (TPSA) is 164 Å². The number of fused-ring (bicyclic) bond motifs is 1. The molecule has 0 bridgehead atoms. The molecule has 3 aromatic heterocycles. The Morgan fingerprint density at radius 1 is 1.04 bits per heavy atom. The summed E-state index contributed by atoms with van der Waals surface area (Å²) in [5.41, 5.74) is 9.28. The van der Waals surface area contributed by atoms with Crippen molar-refractivity contribution < 1.29 is 13.2 Å². The third-order valence-corrected chi connectivity index (χ3v) is 11.3. The Bertz CT molecular complexity index is 2050. The molecule has 1 saturated heterocycles. The summed E-state index contributed by atoms with van der Waals surface area (Å²) >= 11 is 0. The number of likely N-dealkylation sites (tertiary alicyclic amines) is 1. The lowest BCUT2D eigenvalue weighted by atomic mass is 9.94. The first-order chi connectivity index (χ1) is 23.0. The first-order valence-corrected chi connectivity index (χ1v) is 18.1. The number of hydrogen-bond donors (Lipinski definition) is 3. The number of rotatable bonds is 7. The van der Waals surface area contributed by atoms with Gasteiger partial charge in [0, 0.05) is 55.3 Å². The molecule has 15 nitrogen and oxygen atoms in total. The van der Waals surface area contributed by atoms with E-state index in [1.165, 1.54) is 6.26 Å². The summed E-state index contributed by atoms with van der Waals surface area (Å²) in [5, 5.41) is 14.2. The molecule has 1 aromatic carbocycles. The number of nitrogens with one attached hydrogen (secondary N) is 3. The van der Waals surface area contributed by atoms with Gasteiger partial charge in [0.05, 0.1) is 22.2 Å². The molecule has 1 unspecified atom stereocenters. The minimum Gasteiger partial charge on any atom is -0.489 e. The van der Waals surface area contributed by atoms with Crippen LogP contribution in [0.3, 0.4) is 0 Å². The van der Waals surface area contributed by atoms with E-state index in [-0.39, 0.29) is 17.7 Å². The smallest absolute Gasteiger partial charge is 0.261 e. The molecule has 0 radical (unpaired) electrons. The van der Waals surface area contributed by atoms with Crippen LogP contribution in [0.15, 0.2) is 46.4 Å². The average molecular weight is 676 g/mol. The summed E-state index contributed by atoms with van der Waals surface area (Å²) in [6, 6.07) is 9.28. The minimum atomic E-state index is -3.18. The van der Waals surface area contributed by atoms with Crippen LogP contribution in [0, 0.1) is 13.8 Å². The van der Waals surface area contributed by atoms with Crippen molar-refractivity contribution >= 4 is 38.5 Å². The number of aryl methyl sites for hydroxylation is 1. The second-order valence-corrected chi connectivity index (χ2v) is 15.4. The van der Waals surface area contributed by atoms with E-state index in [1.807, 2.05) is 51.2 Å². The number of benzene rings is 1. The van der Waals surface area contributed by atoms with Gasteiger partial charge >= 0.3 is 0 Å². The van der Waals surface area contributed by atoms with E-state index in [4.69, 9.17) is 14.8 Å². The Labute approximate surface area is 278 Å². The van der Waals surface area contributed by atoms with Crippen LogP contribution < -0.4 is 26.7 Å². The molecule has 1 saturated carbocycles. The van der Waals surface area contributed by atoms with E-state index < -0.39 is 15.1 Å². The van der Waals surface area contributed by atoms with Crippen LogP contribution in [-0.2, 0) is 9.84 Å². The van der Waals surface area contributed by atoms with Gasteiger partial charge in [0.25, 0.3) is 11.5 Å². The number of aromatic nitrogens is 5. The van der Waals surface area contributed by atoms with Crippen molar-refractivity contribution in [1.29, 1.82) is 0 Å². The third-order valence-electron chi connectivity index (χ3n) is 9.57. The Hall–Kier alpha value is -4.54. The molecule has 3 aliphatic rings. The maximum absolute atomic E-state index is 14.6. The summed E-state index contributed by atoms with van der Waals surface area (Å²) in [6.45, 7) is 5.71. The Morgan fingerprint density at radius 2 is 1.79 bits per heavy atom. The molecule has 0 amide bonds. The van der Waals surface area contributed by atoms with Gasteiger partial charge in [0.15, 0.2) is 0 Å². The zero-order valence-corrected chi connectivity index (χ0v) is 28.6. The Kier molecular flexibility index (Phi) is 8.33. The van der Waals surface area contributed by atoms with E-state index in [0.29, 0.717) is 65.4 Å². The Morgan fingerprint density at radius 3 is 2.44 bits per heavy atom. The number of likely N-dealkylation sites (N-methyl/N-ethyl adjacent to an activating group) is 1. The summed E-state index contributed by atoms with van der Waals surface area (Å²) < 4.78 is 34.3. The molecular weight excluding hydrogens is 634 g/mol. The standard InChI is InChI=1S/C32H41N11O4S/c1-19-28(20(2)43(37-19)32-36-38-39-41(32)4)27-16-21-17-33-31(34-22-6-10-24(11-7-22)47-25-14-15-40(3)18-25)35-29(21)42(30(27)44)23-8-12-26(13-9-23)48(5,45)46/h6-7,10-11,16-17,23,25-26,38-39H,8-9,12-15,18H2,1-5H3,(H,33,34,35). The van der Waals surface area contributed by atoms with Crippen molar-refractivity contribution in [2.24, 2.45) is 5.10 Å². The number of anilines is 2. The highest BCUT2D eigenvalue weighted by Gasteiger charge is 2.32. The molecule has 0 spiro atoms. The zero-order valence-electron chi connectivity index (χ0n) is 27.8. The molecular formula is C32H41N11O4S. The van der Waals surface area contributed by atoms with Gasteiger partial charge in [-0.2, -0.15) is 10.1 Å². The van der Waals surface area contributed by atoms with Crippen LogP contribution in [0.4, 0.5) is 11.6 Å². The molecule has 1 atom stereocenters. The SMILES string of the molecule is Cc1nn(C2=NNNN2C)c(C)c1-c1cc2cnc(Nc3ccc(OC4CCN(C)C4)cc3)nc2n(C2CCC(S(C)(=O)=O)CC2)c1=O. The van der Waals surface area contributed by atoms with Crippen molar-refractivity contribution in [2.75, 3.05) is 38.8 Å². The lowest BCUT2D eigenvalue weighted by Gasteiger charge is -2.29. The number of ether oxygens (including phenoxy) is 1. The maximum atomic E-state index is 14.6. The highest BCUT2D eigenvalue weighted by atomic mass is 32.2. The highest BCUT2D eigenvalue weighted by molar-refractivity contribution is 7.91. The number of sulfone groups is 1. The van der Waals surface area contributed by atoms with Gasteiger partial charge in [0.2, 0.25) is 5.95 Å². The van der Waals surface area contributed by atoms with Gasteiger partial charge in [0.1, 0.15) is 27.3 Å². The van der Waals surface area contributed by atoms with Crippen LogP contribution >= 0.6 is 0 Å². The molecule has 7 rings (SSSR count). The van der Waals surface area contributed by atoms with Gasteiger partial charge in [-0.3, -0.25) is 14.4 Å². The van der Waals surface area contributed by atoms with Crippen molar-refractivity contribution in [3.63, 3.8) is 0 Å². The molecule has 2 aliphatic heterocycles. The normalized spacial score (nSPS) is 21.8. The molecule has 4 aromatic rings. The van der Waals surface area contributed by atoms with Crippen LogP contribution in [0.5, 0.6) is 5.75 Å². The first kappa shape index (κ1) is 32.0. The molecule has 254 valence electrons. The van der Waals surface area contributed by atoms with E-state index in [2.05, 4.69) is 38.4 Å². The van der Waals surface area contributed by atoms with Gasteiger partial charge < -0.3 is 15.0 Å². The van der Waals surface area contributed by atoms with Crippen LogP contribution in [0.1, 0.15) is 49.5 Å². The fourth-order valence-electron chi connectivity index (χ4n) is 7.05. The van der Waals surface area contributed by atoms with E-state index >= 15 is 0 Å². The van der Waals surface area contributed by atoms with Gasteiger partial charge in [-0.1, -0.05) is 0 Å². The highest BCUT2D eigenvalue weighted by Crippen LogP contribution is 2.35. The number of hydrazone groups is 1. The van der Waals surface area contributed by atoms with E-state index in [1.54, 1.807) is 20.5 Å². The molecule has 1 aliphatic carbocycles. The zero-order chi connectivity index (χ0) is 33.7. The quantitative estimate of drug-likeness (QED) is 0.263. The number of pyridine rings is 1. The second kappa shape index (κ2) is 12.5. The number of hydrazine groups is 2. The molecule has 3 N–H and O–H groups in total. The first-order valence-electron chi connectivity index (χ1n) is 16.2. The fraction of sp³-hybridized carbons (Fsp3) is 0.469. The van der Waals surface area contributed by atoms with E-state index in [9.17, 15) is 13.2 Å². The van der Waals surface area contributed by atoms with Gasteiger partial charge in [-0.25, -0.2) is 23.6 Å². The predicted octanol–water partition coefficient (Wildman–Crippen LogP) is 2.70. The summed E-state index contributed by atoms with van der Waals surface area (Å²) in [5.74, 6) is 1.69. The largest absolute Gasteiger partial charge is 0.489 e. The summed E-state index contributed by atoms with van der Waals surface area (Å²) in [4.78, 5) is 26.3. The summed E-state index contributed by atoms with van der Waals surface area (Å²) in [6.07, 6.45) is 6.23. The molecule has 5 heterocycles. The maximum Gasteiger partial charge on any atom is 0.261 e. The predicted molar refractivity (Wildman–Crippen MR) is 184 cm³/mol. The van der Waals surface area contributed by atoms with Crippen LogP contribution in [-0.4, -0.2) is 93.4 Å². The fourth-order valence-corrected chi connectivity index (χ4v) is 8.18. The summed E-state index contributed by atoms with van der Waals surface area (Å²) in [7, 11) is 0.725. The number of nitrogens with zero attached hydrogens (tertiary/aromatic N) is 8. The van der Waals surface area contributed by atoms with Crippen molar-refractivity contribution in [1.82, 2.24) is 45.3 Å². The average Bonchev–Trinajstić information content (AvgIpc) is 3.75. The molecule has 2 fully saturated rings. The lowest BCUT2D eigenvalue weighted by molar-refractivity contribution is 0.208.